The number of rotatable bonds is 6. The summed E-state index contributed by atoms with van der Waals surface area (Å²) in [7, 11) is 1.80. The van der Waals surface area contributed by atoms with Gasteiger partial charge >= 0.3 is 0 Å². The largest absolute Gasteiger partial charge is 0.361 e. The predicted molar refractivity (Wildman–Crippen MR) is 131 cm³/mol. The summed E-state index contributed by atoms with van der Waals surface area (Å²) in [5, 5.41) is 8.05. The summed E-state index contributed by atoms with van der Waals surface area (Å²) in [6.07, 6.45) is 7.53. The number of nitrogens with zero attached hydrogens (tertiary/aromatic N) is 3. The van der Waals surface area contributed by atoms with Gasteiger partial charge in [0.1, 0.15) is 5.82 Å². The van der Waals surface area contributed by atoms with Gasteiger partial charge in [-0.3, -0.25) is 4.99 Å². The second kappa shape index (κ2) is 10.5. The Bertz CT molecular complexity index is 928. The van der Waals surface area contributed by atoms with Crippen molar-refractivity contribution in [2.45, 2.75) is 25.8 Å². The number of hydrogen-bond donors (Lipinski definition) is 3. The van der Waals surface area contributed by atoms with E-state index in [-0.39, 0.29) is 24.0 Å². The molecule has 0 bridgehead atoms. The lowest BCUT2D eigenvalue weighted by Crippen LogP contribution is -2.37. The highest BCUT2D eigenvalue weighted by molar-refractivity contribution is 14.0. The molecule has 1 aromatic carbocycles. The van der Waals surface area contributed by atoms with E-state index >= 15 is 0 Å². The molecule has 0 spiro atoms. The van der Waals surface area contributed by atoms with Gasteiger partial charge in [0.05, 0.1) is 0 Å². The zero-order chi connectivity index (χ0) is 19.2. The third-order valence-corrected chi connectivity index (χ3v) is 5.28. The maximum absolute atomic E-state index is 4.61. The van der Waals surface area contributed by atoms with Crippen LogP contribution in [-0.2, 0) is 13.0 Å². The van der Waals surface area contributed by atoms with Crippen LogP contribution in [0.15, 0.2) is 53.8 Å². The first-order valence-corrected chi connectivity index (χ1v) is 10.0. The molecule has 1 saturated heterocycles. The van der Waals surface area contributed by atoms with Gasteiger partial charge < -0.3 is 20.5 Å². The summed E-state index contributed by atoms with van der Waals surface area (Å²) in [5.74, 6) is 1.89. The van der Waals surface area contributed by atoms with Gasteiger partial charge in [0, 0.05) is 56.5 Å². The minimum absolute atomic E-state index is 0. The monoisotopic (exact) mass is 504 g/mol. The molecule has 7 heteroatoms. The van der Waals surface area contributed by atoms with Crippen molar-refractivity contribution in [2.75, 3.05) is 31.6 Å². The summed E-state index contributed by atoms with van der Waals surface area (Å²) >= 11 is 0. The minimum Gasteiger partial charge on any atom is -0.361 e. The zero-order valence-electron chi connectivity index (χ0n) is 16.8. The Morgan fingerprint density at radius 2 is 1.97 bits per heavy atom. The van der Waals surface area contributed by atoms with E-state index in [1.807, 2.05) is 6.20 Å². The zero-order valence-corrected chi connectivity index (χ0v) is 19.1. The van der Waals surface area contributed by atoms with Crippen LogP contribution in [-0.4, -0.2) is 42.6 Å². The molecule has 154 valence electrons. The molecule has 29 heavy (non-hydrogen) atoms. The molecule has 0 unspecified atom stereocenters. The third-order valence-electron chi connectivity index (χ3n) is 5.28. The number of benzene rings is 1. The Labute approximate surface area is 189 Å². The first kappa shape index (κ1) is 21.4. The number of aliphatic imine (C=N–C) groups is 1. The van der Waals surface area contributed by atoms with Crippen molar-refractivity contribution in [3.8, 4) is 0 Å². The van der Waals surface area contributed by atoms with Gasteiger partial charge in [0.15, 0.2) is 5.96 Å². The number of aromatic amines is 1. The number of fused-ring (bicyclic) bond motifs is 1. The summed E-state index contributed by atoms with van der Waals surface area (Å²) in [5.41, 5.74) is 3.66. The van der Waals surface area contributed by atoms with Crippen LogP contribution in [0.25, 0.3) is 10.9 Å². The quantitative estimate of drug-likeness (QED) is 0.272. The topological polar surface area (TPSA) is 68.3 Å². The van der Waals surface area contributed by atoms with Crippen molar-refractivity contribution in [2.24, 2.45) is 4.99 Å². The molecule has 2 aromatic heterocycles. The van der Waals surface area contributed by atoms with E-state index in [1.165, 1.54) is 29.3 Å². The summed E-state index contributed by atoms with van der Waals surface area (Å²) in [6.45, 7) is 3.78. The van der Waals surface area contributed by atoms with Crippen LogP contribution >= 0.6 is 24.0 Å². The lowest BCUT2D eigenvalue weighted by atomic mass is 10.1. The molecule has 1 fully saturated rings. The van der Waals surface area contributed by atoms with Crippen molar-refractivity contribution in [3.63, 3.8) is 0 Å². The molecule has 3 heterocycles. The third kappa shape index (κ3) is 5.41. The van der Waals surface area contributed by atoms with Crippen molar-refractivity contribution < 1.29 is 0 Å². The van der Waals surface area contributed by atoms with Gasteiger partial charge in [0.2, 0.25) is 0 Å². The number of pyridine rings is 1. The highest BCUT2D eigenvalue weighted by Crippen LogP contribution is 2.18. The van der Waals surface area contributed by atoms with Crippen LogP contribution in [0.5, 0.6) is 0 Å². The summed E-state index contributed by atoms with van der Waals surface area (Å²) in [4.78, 5) is 14.6. The van der Waals surface area contributed by atoms with Crippen LogP contribution in [0, 0.1) is 0 Å². The maximum Gasteiger partial charge on any atom is 0.191 e. The van der Waals surface area contributed by atoms with Crippen molar-refractivity contribution in [1.82, 2.24) is 20.6 Å². The first-order chi connectivity index (χ1) is 13.8. The number of H-pyrrole nitrogens is 1. The van der Waals surface area contributed by atoms with E-state index in [1.54, 1.807) is 7.05 Å². The van der Waals surface area contributed by atoms with Crippen LogP contribution in [0.2, 0.25) is 0 Å². The molecule has 3 aromatic rings. The number of para-hydroxylation sites is 1. The number of aromatic nitrogens is 2. The maximum atomic E-state index is 4.61. The Morgan fingerprint density at radius 3 is 2.72 bits per heavy atom. The molecule has 4 rings (SSSR count). The van der Waals surface area contributed by atoms with Crippen molar-refractivity contribution in [1.29, 1.82) is 0 Å². The van der Waals surface area contributed by atoms with E-state index in [0.29, 0.717) is 6.54 Å². The fourth-order valence-corrected chi connectivity index (χ4v) is 3.71. The number of guanidine groups is 1. The SMILES string of the molecule is CN=C(NCCc1c[nH]c2ccccc12)NCc1ccc(N2CCCC2)nc1.I. The summed E-state index contributed by atoms with van der Waals surface area (Å²) < 4.78 is 0. The van der Waals surface area contributed by atoms with E-state index in [4.69, 9.17) is 0 Å². The molecule has 3 N–H and O–H groups in total. The van der Waals surface area contributed by atoms with Gasteiger partial charge in [-0.05, 0) is 42.5 Å². The van der Waals surface area contributed by atoms with E-state index in [2.05, 4.69) is 73.1 Å². The Balaban J connectivity index is 0.00000240. The highest BCUT2D eigenvalue weighted by atomic mass is 127. The number of halogens is 1. The lowest BCUT2D eigenvalue weighted by molar-refractivity contribution is 0.794. The molecular formula is C22H29IN6. The van der Waals surface area contributed by atoms with Gasteiger partial charge in [-0.15, -0.1) is 24.0 Å². The molecule has 0 aliphatic carbocycles. The van der Waals surface area contributed by atoms with Crippen LogP contribution in [0.3, 0.4) is 0 Å². The molecule has 0 radical (unpaired) electrons. The van der Waals surface area contributed by atoms with E-state index < -0.39 is 0 Å². The summed E-state index contributed by atoms with van der Waals surface area (Å²) in [6, 6.07) is 12.7. The van der Waals surface area contributed by atoms with Crippen LogP contribution in [0.4, 0.5) is 5.82 Å². The first-order valence-electron chi connectivity index (χ1n) is 10.0. The van der Waals surface area contributed by atoms with Crippen molar-refractivity contribution >= 4 is 46.7 Å². The molecule has 1 aliphatic heterocycles. The minimum atomic E-state index is 0. The van der Waals surface area contributed by atoms with E-state index in [9.17, 15) is 0 Å². The van der Waals surface area contributed by atoms with Crippen LogP contribution in [0.1, 0.15) is 24.0 Å². The fourth-order valence-electron chi connectivity index (χ4n) is 3.71. The highest BCUT2D eigenvalue weighted by Gasteiger charge is 2.13. The Hall–Kier alpha value is -2.29. The second-order valence-electron chi connectivity index (χ2n) is 7.18. The average molecular weight is 504 g/mol. The Morgan fingerprint density at radius 1 is 1.14 bits per heavy atom. The van der Waals surface area contributed by atoms with E-state index in [0.717, 1.165) is 43.4 Å². The molecule has 6 nitrogen and oxygen atoms in total. The standard InChI is InChI=1S/C22H28N6.HI/c1-23-22(24-11-10-18-16-25-20-7-3-2-6-19(18)20)27-15-17-8-9-21(26-14-17)28-12-4-5-13-28;/h2-3,6-9,14,16,25H,4-5,10-13,15H2,1H3,(H2,23,24,27);1H. The number of anilines is 1. The molecular weight excluding hydrogens is 475 g/mol. The fraction of sp³-hybridized carbons (Fsp3) is 0.364. The normalized spacial score (nSPS) is 14.1. The number of hydrogen-bond acceptors (Lipinski definition) is 3. The second-order valence-corrected chi connectivity index (χ2v) is 7.18. The van der Waals surface area contributed by atoms with Crippen LogP contribution < -0.4 is 15.5 Å². The van der Waals surface area contributed by atoms with Gasteiger partial charge in [-0.25, -0.2) is 4.98 Å². The molecule has 0 saturated carbocycles. The number of nitrogens with one attached hydrogen (secondary N) is 3. The van der Waals surface area contributed by atoms with Gasteiger partial charge in [0.25, 0.3) is 0 Å². The van der Waals surface area contributed by atoms with Gasteiger partial charge in [-0.2, -0.15) is 0 Å². The predicted octanol–water partition coefficient (Wildman–Crippen LogP) is 3.69. The molecule has 0 amide bonds. The lowest BCUT2D eigenvalue weighted by Gasteiger charge is -2.16. The average Bonchev–Trinajstić information content (AvgIpc) is 3.41. The molecule has 0 atom stereocenters. The van der Waals surface area contributed by atoms with Crippen molar-refractivity contribution in [3.05, 3.63) is 59.9 Å². The Kier molecular flexibility index (Phi) is 7.74. The molecule has 1 aliphatic rings. The smallest absolute Gasteiger partial charge is 0.191 e. The van der Waals surface area contributed by atoms with Gasteiger partial charge in [-0.1, -0.05) is 24.3 Å².